The molecule has 0 bridgehead atoms. The Morgan fingerprint density at radius 1 is 0.852 bits per heavy atom. The van der Waals surface area contributed by atoms with Gasteiger partial charge in [-0.1, -0.05) is 66.2 Å². The quantitative estimate of drug-likeness (QED) is 0.475. The lowest BCUT2D eigenvalue weighted by Crippen LogP contribution is -2.20. The van der Waals surface area contributed by atoms with Crippen LogP contribution in [0.5, 0.6) is 0 Å². The van der Waals surface area contributed by atoms with Gasteiger partial charge in [0.05, 0.1) is 11.1 Å². The lowest BCUT2D eigenvalue weighted by Gasteiger charge is -2.13. The first-order valence-electron chi connectivity index (χ1n) is 8.60. The van der Waals surface area contributed by atoms with Crippen molar-refractivity contribution in [3.63, 3.8) is 0 Å². The van der Waals surface area contributed by atoms with E-state index in [0.717, 1.165) is 11.1 Å². The SMILES string of the molecule is O=C(c1ccccc1)c1cn(Cc2ccc(Cl)cc2)c2ccccc2c1=O. The second-order valence-corrected chi connectivity index (χ2v) is 6.78. The van der Waals surface area contributed by atoms with Crippen molar-refractivity contribution in [1.29, 1.82) is 0 Å². The van der Waals surface area contributed by atoms with Crippen molar-refractivity contribution in [2.45, 2.75) is 6.54 Å². The largest absolute Gasteiger partial charge is 0.342 e. The average molecular weight is 374 g/mol. The number of ketones is 1. The molecule has 4 heteroatoms. The van der Waals surface area contributed by atoms with E-state index in [1.807, 2.05) is 53.1 Å². The normalized spacial score (nSPS) is 10.9. The molecule has 27 heavy (non-hydrogen) atoms. The minimum Gasteiger partial charge on any atom is -0.342 e. The number of aromatic nitrogens is 1. The minimum atomic E-state index is -0.267. The smallest absolute Gasteiger partial charge is 0.200 e. The molecule has 0 saturated carbocycles. The fourth-order valence-corrected chi connectivity index (χ4v) is 3.30. The first kappa shape index (κ1) is 17.3. The zero-order valence-corrected chi connectivity index (χ0v) is 15.2. The lowest BCUT2D eigenvalue weighted by atomic mass is 10.0. The van der Waals surface area contributed by atoms with Gasteiger partial charge in [0.2, 0.25) is 5.43 Å². The molecule has 3 aromatic carbocycles. The molecule has 0 amide bonds. The van der Waals surface area contributed by atoms with E-state index in [-0.39, 0.29) is 16.8 Å². The second-order valence-electron chi connectivity index (χ2n) is 6.34. The summed E-state index contributed by atoms with van der Waals surface area (Å²) >= 11 is 5.97. The number of carbonyl (C=O) groups is 1. The molecule has 0 N–H and O–H groups in total. The van der Waals surface area contributed by atoms with Crippen LogP contribution in [0.2, 0.25) is 5.02 Å². The maximum absolute atomic E-state index is 12.9. The standard InChI is InChI=1S/C23H16ClNO2/c24-18-12-10-16(11-13-18)14-25-15-20(22(26)17-6-2-1-3-7-17)23(27)19-8-4-5-9-21(19)25/h1-13,15H,14H2. The van der Waals surface area contributed by atoms with Crippen LogP contribution < -0.4 is 5.43 Å². The molecule has 132 valence electrons. The first-order chi connectivity index (χ1) is 13.1. The highest BCUT2D eigenvalue weighted by Crippen LogP contribution is 2.17. The van der Waals surface area contributed by atoms with E-state index < -0.39 is 0 Å². The molecule has 1 heterocycles. The Morgan fingerprint density at radius 2 is 1.52 bits per heavy atom. The topological polar surface area (TPSA) is 39.1 Å². The number of fused-ring (bicyclic) bond motifs is 1. The van der Waals surface area contributed by atoms with Crippen molar-refractivity contribution in [3.8, 4) is 0 Å². The van der Waals surface area contributed by atoms with Crippen molar-refractivity contribution in [2.24, 2.45) is 0 Å². The minimum absolute atomic E-state index is 0.175. The van der Waals surface area contributed by atoms with Crippen LogP contribution in [0.1, 0.15) is 21.5 Å². The summed E-state index contributed by atoms with van der Waals surface area (Å²) < 4.78 is 1.94. The number of carbonyl (C=O) groups excluding carboxylic acids is 1. The number of pyridine rings is 1. The highest BCUT2D eigenvalue weighted by Gasteiger charge is 2.17. The summed E-state index contributed by atoms with van der Waals surface area (Å²) in [5, 5.41) is 1.21. The van der Waals surface area contributed by atoms with Gasteiger partial charge in [0, 0.05) is 28.7 Å². The summed E-state index contributed by atoms with van der Waals surface area (Å²) in [5.41, 5.74) is 2.26. The molecule has 0 aliphatic rings. The third kappa shape index (κ3) is 3.42. The second kappa shape index (κ2) is 7.22. The summed E-state index contributed by atoms with van der Waals surface area (Å²) in [6.07, 6.45) is 1.66. The van der Waals surface area contributed by atoms with Crippen LogP contribution in [0.4, 0.5) is 0 Å². The number of para-hydroxylation sites is 1. The molecule has 0 aliphatic carbocycles. The number of hydrogen-bond donors (Lipinski definition) is 0. The van der Waals surface area contributed by atoms with E-state index >= 15 is 0 Å². The van der Waals surface area contributed by atoms with Crippen molar-refractivity contribution >= 4 is 28.3 Å². The zero-order chi connectivity index (χ0) is 18.8. The number of nitrogens with zero attached hydrogens (tertiary/aromatic N) is 1. The van der Waals surface area contributed by atoms with E-state index in [4.69, 9.17) is 11.6 Å². The molecular formula is C23H16ClNO2. The van der Waals surface area contributed by atoms with Crippen LogP contribution in [-0.4, -0.2) is 10.4 Å². The number of halogens is 1. The summed E-state index contributed by atoms with van der Waals surface area (Å²) in [6, 6.07) is 23.8. The van der Waals surface area contributed by atoms with E-state index in [9.17, 15) is 9.59 Å². The summed E-state index contributed by atoms with van der Waals surface area (Å²) in [7, 11) is 0. The molecule has 0 atom stereocenters. The van der Waals surface area contributed by atoms with Gasteiger partial charge in [-0.3, -0.25) is 9.59 Å². The van der Waals surface area contributed by atoms with Gasteiger partial charge in [-0.25, -0.2) is 0 Å². The maximum Gasteiger partial charge on any atom is 0.200 e. The molecule has 4 aromatic rings. The Hall–Kier alpha value is -3.17. The van der Waals surface area contributed by atoms with E-state index in [0.29, 0.717) is 22.5 Å². The van der Waals surface area contributed by atoms with Crippen LogP contribution in [0.15, 0.2) is 89.9 Å². The van der Waals surface area contributed by atoms with Crippen molar-refractivity contribution in [3.05, 3.63) is 117 Å². The van der Waals surface area contributed by atoms with Crippen LogP contribution in [0.3, 0.4) is 0 Å². The van der Waals surface area contributed by atoms with Crippen molar-refractivity contribution in [1.82, 2.24) is 4.57 Å². The van der Waals surface area contributed by atoms with Crippen LogP contribution in [-0.2, 0) is 6.54 Å². The van der Waals surface area contributed by atoms with Gasteiger partial charge in [-0.15, -0.1) is 0 Å². The summed E-state index contributed by atoms with van der Waals surface area (Å²) in [5.74, 6) is -0.267. The Morgan fingerprint density at radius 3 is 2.26 bits per heavy atom. The Bertz CT molecular complexity index is 1180. The van der Waals surface area contributed by atoms with Crippen molar-refractivity contribution in [2.75, 3.05) is 0 Å². The van der Waals surface area contributed by atoms with Gasteiger partial charge in [-0.05, 0) is 29.8 Å². The third-order valence-electron chi connectivity index (χ3n) is 4.53. The van der Waals surface area contributed by atoms with Crippen molar-refractivity contribution < 1.29 is 4.79 Å². The summed E-state index contributed by atoms with van der Waals surface area (Å²) in [4.78, 5) is 25.9. The molecule has 0 unspecified atom stereocenters. The highest BCUT2D eigenvalue weighted by atomic mass is 35.5. The van der Waals surface area contributed by atoms with Crippen LogP contribution >= 0.6 is 11.6 Å². The van der Waals surface area contributed by atoms with Gasteiger partial charge >= 0.3 is 0 Å². The van der Waals surface area contributed by atoms with Gasteiger partial charge in [-0.2, -0.15) is 0 Å². The van der Waals surface area contributed by atoms with E-state index in [2.05, 4.69) is 0 Å². The van der Waals surface area contributed by atoms with Gasteiger partial charge in [0.1, 0.15) is 0 Å². The molecule has 1 aromatic heterocycles. The van der Waals surface area contributed by atoms with E-state index in [1.54, 1.807) is 36.5 Å². The van der Waals surface area contributed by atoms with Crippen LogP contribution in [0, 0.1) is 0 Å². The zero-order valence-electron chi connectivity index (χ0n) is 14.4. The number of hydrogen-bond acceptors (Lipinski definition) is 2. The molecule has 4 rings (SSSR count). The monoisotopic (exact) mass is 373 g/mol. The fourth-order valence-electron chi connectivity index (χ4n) is 3.17. The molecular weight excluding hydrogens is 358 g/mol. The number of benzene rings is 3. The lowest BCUT2D eigenvalue weighted by molar-refractivity contribution is 0.103. The van der Waals surface area contributed by atoms with E-state index in [1.165, 1.54) is 0 Å². The Kier molecular flexibility index (Phi) is 4.61. The third-order valence-corrected chi connectivity index (χ3v) is 4.79. The van der Waals surface area contributed by atoms with Gasteiger partial charge < -0.3 is 4.57 Å². The number of rotatable bonds is 4. The molecule has 3 nitrogen and oxygen atoms in total. The molecule has 0 saturated heterocycles. The predicted octanol–water partition coefficient (Wildman–Crippen LogP) is 4.93. The molecule has 0 aliphatic heterocycles. The van der Waals surface area contributed by atoms with Gasteiger partial charge in [0.25, 0.3) is 0 Å². The molecule has 0 fully saturated rings. The highest BCUT2D eigenvalue weighted by molar-refractivity contribution is 6.30. The Labute approximate surface area is 161 Å². The molecule has 0 radical (unpaired) electrons. The van der Waals surface area contributed by atoms with Crippen LogP contribution in [0.25, 0.3) is 10.9 Å². The molecule has 0 spiro atoms. The predicted molar refractivity (Wildman–Crippen MR) is 109 cm³/mol. The summed E-state index contributed by atoms with van der Waals surface area (Å²) in [6.45, 7) is 0.535. The fraction of sp³-hybridized carbons (Fsp3) is 0.0435. The first-order valence-corrected chi connectivity index (χ1v) is 8.97. The van der Waals surface area contributed by atoms with Gasteiger partial charge in [0.15, 0.2) is 5.78 Å². The maximum atomic E-state index is 12.9. The Balaban J connectivity index is 1.88. The average Bonchev–Trinajstić information content (AvgIpc) is 2.72.